The van der Waals surface area contributed by atoms with E-state index in [9.17, 15) is 0 Å². The largest absolute Gasteiger partial charge is 0.464 e. The first-order valence-electron chi connectivity index (χ1n) is 12.7. The van der Waals surface area contributed by atoms with Gasteiger partial charge in [-0.3, -0.25) is 4.57 Å². The van der Waals surface area contributed by atoms with Crippen molar-refractivity contribution in [3.8, 4) is 28.2 Å². The summed E-state index contributed by atoms with van der Waals surface area (Å²) in [5.74, 6) is 1.57. The first-order valence-corrected chi connectivity index (χ1v) is 12.7. The molecule has 0 radical (unpaired) electrons. The standard InChI is InChI=1S/C33H30N2O/c1-21(2)26-18-24(23-12-6-5-7-13-23)19-27(22(3)4)32(26)35-30-16-10-9-15-29(30)34-33(35)28-20-36-31-17-11-8-14-25(28)31/h5-22H,1-4H3. The van der Waals surface area contributed by atoms with Gasteiger partial charge >= 0.3 is 0 Å². The molecular weight excluding hydrogens is 440 g/mol. The van der Waals surface area contributed by atoms with E-state index >= 15 is 0 Å². The molecule has 0 amide bonds. The molecule has 0 unspecified atom stereocenters. The number of aromatic nitrogens is 2. The predicted molar refractivity (Wildman–Crippen MR) is 150 cm³/mol. The number of nitrogens with zero attached hydrogens (tertiary/aromatic N) is 2. The first-order chi connectivity index (χ1) is 17.5. The Bertz CT molecular complexity index is 1660. The molecule has 0 aliphatic rings. The zero-order valence-corrected chi connectivity index (χ0v) is 21.2. The van der Waals surface area contributed by atoms with Crippen LogP contribution < -0.4 is 0 Å². The molecule has 6 aromatic rings. The molecule has 2 heterocycles. The average molecular weight is 471 g/mol. The van der Waals surface area contributed by atoms with E-state index < -0.39 is 0 Å². The van der Waals surface area contributed by atoms with E-state index in [2.05, 4.69) is 111 Å². The Hall–Kier alpha value is -4.11. The average Bonchev–Trinajstić information content (AvgIpc) is 3.49. The van der Waals surface area contributed by atoms with Crippen molar-refractivity contribution in [3.05, 3.63) is 108 Å². The second-order valence-corrected chi connectivity index (χ2v) is 10.1. The van der Waals surface area contributed by atoms with Gasteiger partial charge < -0.3 is 4.42 Å². The van der Waals surface area contributed by atoms with E-state index in [4.69, 9.17) is 9.40 Å². The van der Waals surface area contributed by atoms with Crippen LogP contribution in [0, 0.1) is 0 Å². The summed E-state index contributed by atoms with van der Waals surface area (Å²) in [6, 6.07) is 32.0. The van der Waals surface area contributed by atoms with E-state index in [0.717, 1.165) is 33.4 Å². The van der Waals surface area contributed by atoms with Crippen LogP contribution in [0.25, 0.3) is 50.2 Å². The molecule has 36 heavy (non-hydrogen) atoms. The van der Waals surface area contributed by atoms with Crippen LogP contribution in [0.15, 0.2) is 102 Å². The Morgan fingerprint density at radius 2 is 1.33 bits per heavy atom. The highest BCUT2D eigenvalue weighted by Gasteiger charge is 2.24. The van der Waals surface area contributed by atoms with E-state index in [-0.39, 0.29) is 0 Å². The highest BCUT2D eigenvalue weighted by Crippen LogP contribution is 2.41. The Kier molecular flexibility index (Phi) is 5.49. The number of hydrogen-bond acceptors (Lipinski definition) is 2. The molecule has 0 N–H and O–H groups in total. The fourth-order valence-corrected chi connectivity index (χ4v) is 5.20. The Labute approximate surface area is 212 Å². The van der Waals surface area contributed by atoms with E-state index in [0.29, 0.717) is 11.8 Å². The summed E-state index contributed by atoms with van der Waals surface area (Å²) >= 11 is 0. The van der Waals surface area contributed by atoms with Crippen molar-refractivity contribution >= 4 is 22.0 Å². The van der Waals surface area contributed by atoms with Crippen LogP contribution in [-0.4, -0.2) is 9.55 Å². The highest BCUT2D eigenvalue weighted by molar-refractivity contribution is 5.95. The minimum atomic E-state index is 0.330. The molecule has 0 bridgehead atoms. The molecule has 178 valence electrons. The summed E-state index contributed by atoms with van der Waals surface area (Å²) in [5, 5.41) is 1.08. The lowest BCUT2D eigenvalue weighted by atomic mass is 9.88. The monoisotopic (exact) mass is 470 g/mol. The van der Waals surface area contributed by atoms with Crippen LogP contribution in [0.3, 0.4) is 0 Å². The molecule has 0 saturated carbocycles. The SMILES string of the molecule is CC(C)c1cc(-c2ccccc2)cc(C(C)C)c1-n1c(-c2coc3ccccc23)nc2ccccc21. The molecule has 2 aromatic heterocycles. The maximum Gasteiger partial charge on any atom is 0.149 e. The van der Waals surface area contributed by atoms with Crippen LogP contribution >= 0.6 is 0 Å². The van der Waals surface area contributed by atoms with Crippen molar-refractivity contribution in [1.29, 1.82) is 0 Å². The number of hydrogen-bond donors (Lipinski definition) is 0. The molecule has 0 aliphatic heterocycles. The van der Waals surface area contributed by atoms with E-state index in [1.165, 1.54) is 27.9 Å². The van der Waals surface area contributed by atoms with Crippen molar-refractivity contribution in [2.75, 3.05) is 0 Å². The highest BCUT2D eigenvalue weighted by atomic mass is 16.3. The number of para-hydroxylation sites is 3. The molecule has 0 spiro atoms. The number of benzene rings is 4. The zero-order chi connectivity index (χ0) is 24.8. The van der Waals surface area contributed by atoms with Crippen molar-refractivity contribution < 1.29 is 4.42 Å². The van der Waals surface area contributed by atoms with Gasteiger partial charge in [-0.15, -0.1) is 0 Å². The van der Waals surface area contributed by atoms with Crippen molar-refractivity contribution in [3.63, 3.8) is 0 Å². The summed E-state index contributed by atoms with van der Waals surface area (Å²) in [5.41, 5.74) is 10.3. The van der Waals surface area contributed by atoms with Crippen molar-refractivity contribution in [2.45, 2.75) is 39.5 Å². The van der Waals surface area contributed by atoms with Gasteiger partial charge in [0.2, 0.25) is 0 Å². The lowest BCUT2D eigenvalue weighted by molar-refractivity contribution is 0.616. The van der Waals surface area contributed by atoms with Gasteiger partial charge in [0.1, 0.15) is 17.7 Å². The number of furan rings is 1. The molecule has 0 fully saturated rings. The molecule has 0 saturated heterocycles. The molecule has 4 aromatic carbocycles. The molecule has 6 rings (SSSR count). The molecule has 0 atom stereocenters. The number of imidazole rings is 1. The summed E-state index contributed by atoms with van der Waals surface area (Å²) in [4.78, 5) is 5.17. The van der Waals surface area contributed by atoms with Crippen LogP contribution in [0.4, 0.5) is 0 Å². The number of fused-ring (bicyclic) bond motifs is 2. The lowest BCUT2D eigenvalue weighted by Gasteiger charge is -2.24. The van der Waals surface area contributed by atoms with Gasteiger partial charge in [0.05, 0.1) is 22.3 Å². The molecule has 3 heteroatoms. The van der Waals surface area contributed by atoms with Crippen LogP contribution in [0.1, 0.15) is 50.7 Å². The first kappa shape index (κ1) is 22.4. The molecule has 0 aliphatic carbocycles. The Balaban J connectivity index is 1.72. The number of rotatable bonds is 5. The third-order valence-electron chi connectivity index (χ3n) is 7.03. The third kappa shape index (κ3) is 3.63. The fraction of sp³-hybridized carbons (Fsp3) is 0.182. The topological polar surface area (TPSA) is 31.0 Å². The maximum atomic E-state index is 5.97. The van der Waals surface area contributed by atoms with Gasteiger partial charge in [0, 0.05) is 5.39 Å². The van der Waals surface area contributed by atoms with Gasteiger partial charge in [0.25, 0.3) is 0 Å². The maximum absolute atomic E-state index is 5.97. The van der Waals surface area contributed by atoms with E-state index in [1.54, 1.807) is 0 Å². The fourth-order valence-electron chi connectivity index (χ4n) is 5.20. The third-order valence-corrected chi connectivity index (χ3v) is 7.03. The minimum absolute atomic E-state index is 0.330. The summed E-state index contributed by atoms with van der Waals surface area (Å²) in [7, 11) is 0. The smallest absolute Gasteiger partial charge is 0.149 e. The van der Waals surface area contributed by atoms with Gasteiger partial charge in [-0.05, 0) is 64.4 Å². The minimum Gasteiger partial charge on any atom is -0.464 e. The summed E-state index contributed by atoms with van der Waals surface area (Å²) < 4.78 is 8.34. The van der Waals surface area contributed by atoms with Gasteiger partial charge in [0.15, 0.2) is 0 Å². The van der Waals surface area contributed by atoms with Crippen LogP contribution in [-0.2, 0) is 0 Å². The zero-order valence-electron chi connectivity index (χ0n) is 21.2. The second-order valence-electron chi connectivity index (χ2n) is 10.1. The Morgan fingerprint density at radius 1 is 0.694 bits per heavy atom. The normalized spacial score (nSPS) is 11.8. The Morgan fingerprint density at radius 3 is 2.06 bits per heavy atom. The van der Waals surface area contributed by atoms with Crippen molar-refractivity contribution in [1.82, 2.24) is 9.55 Å². The summed E-state index contributed by atoms with van der Waals surface area (Å²) in [6.45, 7) is 9.13. The summed E-state index contributed by atoms with van der Waals surface area (Å²) in [6.07, 6.45) is 1.85. The second kappa shape index (κ2) is 8.83. The van der Waals surface area contributed by atoms with Crippen LogP contribution in [0.5, 0.6) is 0 Å². The van der Waals surface area contributed by atoms with E-state index in [1.807, 2.05) is 18.4 Å². The van der Waals surface area contributed by atoms with Crippen LogP contribution in [0.2, 0.25) is 0 Å². The van der Waals surface area contributed by atoms with Crippen molar-refractivity contribution in [2.24, 2.45) is 0 Å². The molecular formula is C33H30N2O. The van der Waals surface area contributed by atoms with Gasteiger partial charge in [-0.2, -0.15) is 0 Å². The molecule has 3 nitrogen and oxygen atoms in total. The van der Waals surface area contributed by atoms with Gasteiger partial charge in [-0.1, -0.05) is 88.4 Å². The quantitative estimate of drug-likeness (QED) is 0.251. The van der Waals surface area contributed by atoms with Gasteiger partial charge in [-0.25, -0.2) is 4.98 Å². The predicted octanol–water partition coefficient (Wildman–Crippen LogP) is 9.35. The lowest BCUT2D eigenvalue weighted by Crippen LogP contribution is -2.09.